The van der Waals surface area contributed by atoms with Gasteiger partial charge in [0.2, 0.25) is 15.9 Å². The van der Waals surface area contributed by atoms with Gasteiger partial charge in [-0.3, -0.25) is 9.78 Å². The molecule has 1 aromatic carbocycles. The van der Waals surface area contributed by atoms with Crippen LogP contribution in [0.1, 0.15) is 5.56 Å². The molecule has 3 rings (SSSR count). The number of benzene rings is 1. The minimum absolute atomic E-state index is 0.0116. The van der Waals surface area contributed by atoms with Gasteiger partial charge in [0.1, 0.15) is 0 Å². The van der Waals surface area contributed by atoms with Gasteiger partial charge >= 0.3 is 0 Å². The van der Waals surface area contributed by atoms with E-state index in [4.69, 9.17) is 11.6 Å². The molecule has 3 aromatic rings. The number of amides is 1. The molecule has 0 bridgehead atoms. The molecule has 0 aliphatic rings. The minimum Gasteiger partial charge on any atom is -0.351 e. The zero-order valence-corrected chi connectivity index (χ0v) is 16.4. The van der Waals surface area contributed by atoms with Crippen LogP contribution in [0.25, 0.3) is 10.6 Å². The first kappa shape index (κ1) is 19.5. The van der Waals surface area contributed by atoms with Gasteiger partial charge in [-0.25, -0.2) is 13.1 Å². The average molecular weight is 422 g/mol. The van der Waals surface area contributed by atoms with Crippen LogP contribution in [0.3, 0.4) is 0 Å². The maximum absolute atomic E-state index is 12.2. The third-order valence-corrected chi connectivity index (χ3v) is 6.14. The highest BCUT2D eigenvalue weighted by Crippen LogP contribution is 2.23. The van der Waals surface area contributed by atoms with Crippen molar-refractivity contribution in [2.24, 2.45) is 0 Å². The summed E-state index contributed by atoms with van der Waals surface area (Å²) in [5.41, 5.74) is 1.71. The van der Waals surface area contributed by atoms with E-state index in [0.717, 1.165) is 16.1 Å². The van der Waals surface area contributed by atoms with E-state index in [2.05, 4.69) is 15.0 Å². The lowest BCUT2D eigenvalue weighted by molar-refractivity contribution is -0.120. The molecule has 0 aliphatic heterocycles. The van der Waals surface area contributed by atoms with E-state index in [0.29, 0.717) is 5.02 Å². The van der Waals surface area contributed by atoms with Crippen LogP contribution >= 0.6 is 22.9 Å². The van der Waals surface area contributed by atoms with Crippen LogP contribution in [0.15, 0.2) is 65.0 Å². The van der Waals surface area contributed by atoms with Crippen molar-refractivity contribution in [2.75, 3.05) is 6.54 Å². The fourth-order valence-electron chi connectivity index (χ4n) is 2.28. The number of carbonyl (C=O) groups is 1. The molecule has 0 fully saturated rings. The Bertz CT molecular complexity index is 1040. The summed E-state index contributed by atoms with van der Waals surface area (Å²) in [5, 5.41) is 4.97. The Morgan fingerprint density at radius 2 is 2.00 bits per heavy atom. The summed E-state index contributed by atoms with van der Waals surface area (Å²) in [7, 11) is -3.80. The van der Waals surface area contributed by atoms with Gasteiger partial charge < -0.3 is 5.32 Å². The van der Waals surface area contributed by atoms with Crippen molar-refractivity contribution in [1.82, 2.24) is 15.0 Å². The topological polar surface area (TPSA) is 88.2 Å². The SMILES string of the molecule is O=C(CNS(=O)(=O)c1cccc(Cl)c1)NCc1ccnc(-c2cccs2)c1. The number of hydrogen-bond acceptors (Lipinski definition) is 5. The van der Waals surface area contributed by atoms with Crippen LogP contribution in [0.2, 0.25) is 5.02 Å². The van der Waals surface area contributed by atoms with Gasteiger partial charge in [0.25, 0.3) is 0 Å². The number of carbonyl (C=O) groups excluding carboxylic acids is 1. The van der Waals surface area contributed by atoms with Crippen LogP contribution in [-0.2, 0) is 21.4 Å². The molecule has 140 valence electrons. The molecule has 0 aliphatic carbocycles. The van der Waals surface area contributed by atoms with Crippen molar-refractivity contribution in [3.05, 3.63) is 70.7 Å². The van der Waals surface area contributed by atoms with Gasteiger partial charge in [0.05, 0.1) is 22.0 Å². The number of nitrogens with one attached hydrogen (secondary N) is 2. The van der Waals surface area contributed by atoms with Crippen molar-refractivity contribution in [3.63, 3.8) is 0 Å². The third kappa shape index (κ3) is 5.36. The molecule has 2 heterocycles. The maximum Gasteiger partial charge on any atom is 0.241 e. The second kappa shape index (κ2) is 8.62. The van der Waals surface area contributed by atoms with E-state index in [1.165, 1.54) is 18.2 Å². The summed E-state index contributed by atoms with van der Waals surface area (Å²) < 4.78 is 26.6. The number of sulfonamides is 1. The smallest absolute Gasteiger partial charge is 0.241 e. The molecule has 6 nitrogen and oxygen atoms in total. The van der Waals surface area contributed by atoms with Gasteiger partial charge in [-0.2, -0.15) is 0 Å². The Morgan fingerprint density at radius 1 is 1.15 bits per heavy atom. The predicted octanol–water partition coefficient (Wildman–Crippen LogP) is 3.06. The molecule has 0 atom stereocenters. The van der Waals surface area contributed by atoms with Gasteiger partial charge in [0, 0.05) is 17.8 Å². The van der Waals surface area contributed by atoms with Gasteiger partial charge in [-0.1, -0.05) is 23.7 Å². The number of halogens is 1. The van der Waals surface area contributed by atoms with E-state index < -0.39 is 15.9 Å². The Labute approximate surface area is 166 Å². The van der Waals surface area contributed by atoms with Crippen LogP contribution in [-0.4, -0.2) is 25.9 Å². The quantitative estimate of drug-likeness (QED) is 0.613. The second-order valence-corrected chi connectivity index (χ2v) is 8.74. The highest BCUT2D eigenvalue weighted by molar-refractivity contribution is 7.89. The number of hydrogen-bond donors (Lipinski definition) is 2. The summed E-state index contributed by atoms with van der Waals surface area (Å²) >= 11 is 7.39. The standard InChI is InChI=1S/C18H16ClN3O3S2/c19-14-3-1-4-15(10-14)27(24,25)22-12-18(23)21-11-13-6-7-20-16(9-13)17-5-2-8-26-17/h1-10,22H,11-12H2,(H,21,23). The van der Waals surface area contributed by atoms with Crippen molar-refractivity contribution in [2.45, 2.75) is 11.4 Å². The van der Waals surface area contributed by atoms with Crippen LogP contribution in [0.5, 0.6) is 0 Å². The van der Waals surface area contributed by atoms with Crippen LogP contribution in [0, 0.1) is 0 Å². The first-order chi connectivity index (χ1) is 12.9. The van der Waals surface area contributed by atoms with E-state index >= 15 is 0 Å². The molecule has 1 amide bonds. The number of aromatic nitrogens is 1. The molecular weight excluding hydrogens is 406 g/mol. The molecule has 0 radical (unpaired) electrons. The Kier molecular flexibility index (Phi) is 6.22. The molecule has 0 unspecified atom stereocenters. The summed E-state index contributed by atoms with van der Waals surface area (Å²) in [6, 6.07) is 13.5. The molecular formula is C18H16ClN3O3S2. The zero-order valence-electron chi connectivity index (χ0n) is 14.1. The number of thiophene rings is 1. The lowest BCUT2D eigenvalue weighted by Crippen LogP contribution is -2.36. The lowest BCUT2D eigenvalue weighted by Gasteiger charge is -2.09. The van der Waals surface area contributed by atoms with Gasteiger partial charge in [-0.05, 0) is 47.3 Å². The van der Waals surface area contributed by atoms with Crippen molar-refractivity contribution in [3.8, 4) is 10.6 Å². The number of rotatable bonds is 7. The lowest BCUT2D eigenvalue weighted by atomic mass is 10.2. The average Bonchev–Trinajstić information content (AvgIpc) is 3.20. The van der Waals surface area contributed by atoms with E-state index in [9.17, 15) is 13.2 Å². The fraction of sp³-hybridized carbons (Fsp3) is 0.111. The first-order valence-corrected chi connectivity index (χ1v) is 10.7. The highest BCUT2D eigenvalue weighted by atomic mass is 35.5. The van der Waals surface area contributed by atoms with Gasteiger partial charge in [-0.15, -0.1) is 11.3 Å². The van der Waals surface area contributed by atoms with Crippen molar-refractivity contribution in [1.29, 1.82) is 0 Å². The van der Waals surface area contributed by atoms with Crippen LogP contribution < -0.4 is 10.0 Å². The molecule has 2 aromatic heterocycles. The number of nitrogens with zero attached hydrogens (tertiary/aromatic N) is 1. The summed E-state index contributed by atoms with van der Waals surface area (Å²) in [5.74, 6) is -0.435. The molecule has 0 saturated carbocycles. The Hall–Kier alpha value is -2.26. The molecule has 0 spiro atoms. The molecule has 2 N–H and O–H groups in total. The van der Waals surface area contributed by atoms with Gasteiger partial charge in [0.15, 0.2) is 0 Å². The van der Waals surface area contributed by atoms with Crippen LogP contribution in [0.4, 0.5) is 0 Å². The normalized spacial score (nSPS) is 11.3. The Morgan fingerprint density at radius 3 is 2.74 bits per heavy atom. The van der Waals surface area contributed by atoms with E-state index in [-0.39, 0.29) is 18.0 Å². The predicted molar refractivity (Wildman–Crippen MR) is 106 cm³/mol. The summed E-state index contributed by atoms with van der Waals surface area (Å²) in [6.45, 7) is -0.0870. The molecule has 27 heavy (non-hydrogen) atoms. The Balaban J connectivity index is 1.55. The molecule has 9 heteroatoms. The van der Waals surface area contributed by atoms with E-state index in [1.54, 1.807) is 29.7 Å². The first-order valence-electron chi connectivity index (χ1n) is 7.95. The monoisotopic (exact) mass is 421 g/mol. The number of pyridine rings is 1. The summed E-state index contributed by atoms with van der Waals surface area (Å²) in [6.07, 6.45) is 1.68. The zero-order chi connectivity index (χ0) is 19.3. The maximum atomic E-state index is 12.2. The van der Waals surface area contributed by atoms with E-state index in [1.807, 2.05) is 23.6 Å². The summed E-state index contributed by atoms with van der Waals surface area (Å²) in [4.78, 5) is 17.4. The highest BCUT2D eigenvalue weighted by Gasteiger charge is 2.15. The molecule has 0 saturated heterocycles. The second-order valence-electron chi connectivity index (χ2n) is 5.59. The van der Waals surface area contributed by atoms with Crippen molar-refractivity contribution < 1.29 is 13.2 Å². The van der Waals surface area contributed by atoms with Crippen molar-refractivity contribution >= 4 is 38.9 Å². The third-order valence-electron chi connectivity index (χ3n) is 3.62. The minimum atomic E-state index is -3.80. The fourth-order valence-corrected chi connectivity index (χ4v) is 4.26. The largest absolute Gasteiger partial charge is 0.351 e.